The normalized spacial score (nSPS) is 29.1. The van der Waals surface area contributed by atoms with E-state index in [9.17, 15) is 19.5 Å². The Hall–Kier alpha value is -2.69. The standard InChI is InChI=1S/C32H44BrN3O6/c1-7-15-34(16-8-2)29(38)25-26-30(39)36(24(19-37)20(5)10-4)28(32(26)18-23(33)27(25)42-32)31(40)35(17-9-3)21-11-13-22(41-6)14-12-21/h7,9,11-14,20,23-28,37H,1,3,8,10,15-19H2,2,4-6H3/t20-,23?,24-,25+,26-,27+,28?,32?/m0/s1. The quantitative estimate of drug-likeness (QED) is 0.244. The van der Waals surface area contributed by atoms with Crippen LogP contribution in [0.15, 0.2) is 49.6 Å². The monoisotopic (exact) mass is 645 g/mol. The zero-order valence-electron chi connectivity index (χ0n) is 25.1. The molecule has 3 heterocycles. The van der Waals surface area contributed by atoms with Crippen molar-refractivity contribution in [3.8, 4) is 5.75 Å². The molecule has 4 rings (SSSR count). The fourth-order valence-corrected chi connectivity index (χ4v) is 8.03. The molecule has 0 aliphatic carbocycles. The molecule has 1 aromatic rings. The molecule has 0 radical (unpaired) electrons. The number of carbonyl (C=O) groups excluding carboxylic acids is 3. The van der Waals surface area contributed by atoms with E-state index < -0.39 is 35.6 Å². The van der Waals surface area contributed by atoms with Crippen molar-refractivity contribution in [1.82, 2.24) is 9.80 Å². The molecule has 1 spiro atoms. The number of likely N-dealkylation sites (tertiary alicyclic amines) is 1. The van der Waals surface area contributed by atoms with E-state index in [4.69, 9.17) is 9.47 Å². The van der Waals surface area contributed by atoms with Crippen LogP contribution < -0.4 is 9.64 Å². The number of halogens is 1. The number of amides is 3. The molecule has 9 nitrogen and oxygen atoms in total. The summed E-state index contributed by atoms with van der Waals surface area (Å²) in [5.41, 5.74) is -0.612. The first-order valence-corrected chi connectivity index (χ1v) is 15.8. The van der Waals surface area contributed by atoms with Gasteiger partial charge in [-0.3, -0.25) is 14.4 Å². The second kappa shape index (κ2) is 13.3. The molecule has 42 heavy (non-hydrogen) atoms. The third-order valence-corrected chi connectivity index (χ3v) is 10.1. The van der Waals surface area contributed by atoms with Gasteiger partial charge in [0.25, 0.3) is 5.91 Å². The summed E-state index contributed by atoms with van der Waals surface area (Å²) in [6.07, 6.45) is 4.61. The lowest BCUT2D eigenvalue weighted by atomic mass is 9.70. The molecule has 1 aromatic carbocycles. The van der Waals surface area contributed by atoms with E-state index in [1.54, 1.807) is 58.2 Å². The first-order valence-electron chi connectivity index (χ1n) is 14.9. The summed E-state index contributed by atoms with van der Waals surface area (Å²) in [4.78, 5) is 48.1. The van der Waals surface area contributed by atoms with Crippen LogP contribution in [0, 0.1) is 17.8 Å². The van der Waals surface area contributed by atoms with Crippen LogP contribution in [0.5, 0.6) is 5.75 Å². The van der Waals surface area contributed by atoms with E-state index in [0.717, 1.165) is 6.42 Å². The number of methoxy groups -OCH3 is 1. The van der Waals surface area contributed by atoms with Crippen LogP contribution in [-0.2, 0) is 19.1 Å². The summed E-state index contributed by atoms with van der Waals surface area (Å²) >= 11 is 3.75. The average Bonchev–Trinajstić information content (AvgIpc) is 3.59. The predicted octanol–water partition coefficient (Wildman–Crippen LogP) is 3.79. The minimum atomic E-state index is -1.23. The summed E-state index contributed by atoms with van der Waals surface area (Å²) in [6, 6.07) is 5.47. The molecule has 3 aliphatic heterocycles. The summed E-state index contributed by atoms with van der Waals surface area (Å²) in [6.45, 7) is 14.4. The molecule has 0 aromatic heterocycles. The molecular formula is C32H44BrN3O6. The van der Waals surface area contributed by atoms with Gasteiger partial charge < -0.3 is 29.3 Å². The van der Waals surface area contributed by atoms with Crippen LogP contribution >= 0.6 is 15.9 Å². The topological polar surface area (TPSA) is 99.6 Å². The number of ether oxygens (including phenoxy) is 2. The van der Waals surface area contributed by atoms with Crippen LogP contribution in [0.4, 0.5) is 5.69 Å². The minimum absolute atomic E-state index is 0.0956. The highest BCUT2D eigenvalue weighted by molar-refractivity contribution is 9.09. The zero-order valence-corrected chi connectivity index (χ0v) is 26.7. The van der Waals surface area contributed by atoms with Gasteiger partial charge in [-0.15, -0.1) is 13.2 Å². The predicted molar refractivity (Wildman–Crippen MR) is 165 cm³/mol. The number of aliphatic hydroxyl groups excluding tert-OH is 1. The Kier molecular flexibility index (Phi) is 10.2. The van der Waals surface area contributed by atoms with Crippen LogP contribution in [0.3, 0.4) is 0 Å². The molecule has 3 amide bonds. The lowest BCUT2D eigenvalue weighted by Crippen LogP contribution is -2.60. The Morgan fingerprint density at radius 1 is 1.21 bits per heavy atom. The Morgan fingerprint density at radius 3 is 2.43 bits per heavy atom. The number of aliphatic hydroxyl groups is 1. The van der Waals surface area contributed by atoms with Gasteiger partial charge >= 0.3 is 0 Å². The first-order chi connectivity index (χ1) is 20.1. The van der Waals surface area contributed by atoms with Crippen molar-refractivity contribution in [2.75, 3.05) is 38.3 Å². The summed E-state index contributed by atoms with van der Waals surface area (Å²) in [7, 11) is 1.58. The maximum absolute atomic E-state index is 14.8. The van der Waals surface area contributed by atoms with E-state index in [2.05, 4.69) is 29.1 Å². The minimum Gasteiger partial charge on any atom is -0.497 e. The van der Waals surface area contributed by atoms with E-state index in [0.29, 0.717) is 37.4 Å². The van der Waals surface area contributed by atoms with Crippen molar-refractivity contribution in [3.05, 3.63) is 49.6 Å². The van der Waals surface area contributed by atoms with Gasteiger partial charge in [-0.05, 0) is 43.0 Å². The van der Waals surface area contributed by atoms with E-state index in [1.165, 1.54) is 0 Å². The maximum atomic E-state index is 14.8. The molecule has 3 fully saturated rings. The van der Waals surface area contributed by atoms with Gasteiger partial charge in [0, 0.05) is 30.1 Å². The van der Waals surface area contributed by atoms with Crippen molar-refractivity contribution in [3.63, 3.8) is 0 Å². The van der Waals surface area contributed by atoms with E-state index in [1.807, 2.05) is 20.8 Å². The van der Waals surface area contributed by atoms with Crippen molar-refractivity contribution >= 4 is 39.3 Å². The lowest BCUT2D eigenvalue weighted by molar-refractivity contribution is -0.148. The van der Waals surface area contributed by atoms with Gasteiger partial charge in [-0.2, -0.15) is 0 Å². The smallest absolute Gasteiger partial charge is 0.253 e. The van der Waals surface area contributed by atoms with Gasteiger partial charge in [-0.1, -0.05) is 55.3 Å². The van der Waals surface area contributed by atoms with Crippen LogP contribution in [0.25, 0.3) is 0 Å². The number of anilines is 1. The number of alkyl halides is 1. The van der Waals surface area contributed by atoms with Gasteiger partial charge in [0.1, 0.15) is 17.4 Å². The summed E-state index contributed by atoms with van der Waals surface area (Å²) in [5.74, 6) is -1.85. The second-order valence-corrected chi connectivity index (χ2v) is 12.7. The van der Waals surface area contributed by atoms with Gasteiger partial charge in [0.05, 0.1) is 37.7 Å². The number of carbonyl (C=O) groups is 3. The van der Waals surface area contributed by atoms with Gasteiger partial charge in [-0.25, -0.2) is 0 Å². The molecule has 10 heteroatoms. The molecule has 230 valence electrons. The lowest BCUT2D eigenvalue weighted by Gasteiger charge is -2.41. The van der Waals surface area contributed by atoms with Crippen molar-refractivity contribution < 1.29 is 29.0 Å². The molecule has 2 bridgehead atoms. The zero-order chi connectivity index (χ0) is 30.8. The largest absolute Gasteiger partial charge is 0.497 e. The molecule has 1 N–H and O–H groups in total. The van der Waals surface area contributed by atoms with Crippen molar-refractivity contribution in [1.29, 1.82) is 0 Å². The SMILES string of the molecule is C=CCN(CCC)C(=O)[C@H]1[C@@H]2OC3(CC2Br)C(C(=O)N(CC=C)c2ccc(OC)cc2)N([C@@H](CO)[C@@H](C)CC)C(=O)[C@H]13. The fourth-order valence-electron chi connectivity index (χ4n) is 7.09. The third kappa shape index (κ3) is 5.30. The number of nitrogens with zero attached hydrogens (tertiary/aromatic N) is 3. The van der Waals surface area contributed by atoms with Crippen LogP contribution in [0.2, 0.25) is 0 Å². The van der Waals surface area contributed by atoms with Crippen molar-refractivity contribution in [2.24, 2.45) is 17.8 Å². The van der Waals surface area contributed by atoms with E-state index in [-0.39, 0.29) is 41.6 Å². The Labute approximate surface area is 257 Å². The number of hydrogen-bond donors (Lipinski definition) is 1. The summed E-state index contributed by atoms with van der Waals surface area (Å²) in [5, 5.41) is 10.6. The highest BCUT2D eigenvalue weighted by atomic mass is 79.9. The Balaban J connectivity index is 1.85. The average molecular weight is 647 g/mol. The number of benzene rings is 1. The van der Waals surface area contributed by atoms with Gasteiger partial charge in [0.15, 0.2) is 0 Å². The molecule has 0 saturated carbocycles. The number of fused-ring (bicyclic) bond motifs is 1. The third-order valence-electron chi connectivity index (χ3n) is 9.21. The Bertz CT molecular complexity index is 1180. The first kappa shape index (κ1) is 32.2. The van der Waals surface area contributed by atoms with Crippen molar-refractivity contribution in [2.45, 2.75) is 68.6 Å². The molecule has 3 aliphatic rings. The summed E-state index contributed by atoms with van der Waals surface area (Å²) < 4.78 is 12.0. The number of rotatable bonds is 14. The molecule has 3 unspecified atom stereocenters. The van der Waals surface area contributed by atoms with Gasteiger partial charge in [0.2, 0.25) is 11.8 Å². The fraction of sp³-hybridized carbons (Fsp3) is 0.594. The van der Waals surface area contributed by atoms with Crippen LogP contribution in [0.1, 0.15) is 40.0 Å². The highest BCUT2D eigenvalue weighted by Gasteiger charge is 2.77. The highest BCUT2D eigenvalue weighted by Crippen LogP contribution is 2.61. The molecule has 3 saturated heterocycles. The molecular weight excluding hydrogens is 602 g/mol. The maximum Gasteiger partial charge on any atom is 0.253 e. The van der Waals surface area contributed by atoms with Crippen LogP contribution in [-0.4, -0.2) is 94.6 Å². The second-order valence-electron chi connectivity index (χ2n) is 11.6. The Morgan fingerprint density at radius 2 is 1.88 bits per heavy atom. The number of hydrogen-bond acceptors (Lipinski definition) is 6. The van der Waals surface area contributed by atoms with E-state index >= 15 is 0 Å². The molecule has 8 atom stereocenters.